The monoisotopic (exact) mass is 588 g/mol. The van der Waals surface area contributed by atoms with Crippen molar-refractivity contribution < 1.29 is 9.66 Å². The number of nitro groups is 1. The number of benzene rings is 4. The van der Waals surface area contributed by atoms with Gasteiger partial charge in [-0.15, -0.1) is 10.2 Å². The third kappa shape index (κ3) is 5.89. The minimum atomic E-state index is -0.469. The second-order valence-electron chi connectivity index (χ2n) is 8.99. The summed E-state index contributed by atoms with van der Waals surface area (Å²) < 4.78 is 8.75. The molecule has 9 heteroatoms. The number of hydrogen-bond acceptors (Lipinski definition) is 6. The van der Waals surface area contributed by atoms with E-state index in [1.807, 2.05) is 73.0 Å². The lowest BCUT2D eigenvalue weighted by atomic mass is 10.1. The Kier molecular flexibility index (Phi) is 7.76. The summed E-state index contributed by atoms with van der Waals surface area (Å²) in [7, 11) is 0. The maximum absolute atomic E-state index is 11.6. The van der Waals surface area contributed by atoms with E-state index in [2.05, 4.69) is 56.5 Å². The molecule has 192 valence electrons. The number of thioether (sulfide) groups is 1. The molecule has 0 saturated carbocycles. The molecule has 0 unspecified atom stereocenters. The van der Waals surface area contributed by atoms with Gasteiger partial charge in [0, 0.05) is 10.6 Å². The molecule has 0 aliphatic rings. The van der Waals surface area contributed by atoms with Gasteiger partial charge in [-0.05, 0) is 87.6 Å². The molecule has 5 aromatic rings. The number of ether oxygens (including phenoxy) is 1. The molecule has 0 radical (unpaired) electrons. The van der Waals surface area contributed by atoms with E-state index in [9.17, 15) is 10.1 Å². The molecule has 0 fully saturated rings. The van der Waals surface area contributed by atoms with Gasteiger partial charge in [-0.1, -0.05) is 66.4 Å². The minimum Gasteiger partial charge on any atom is -0.488 e. The second-order valence-corrected chi connectivity index (χ2v) is 11.0. The van der Waals surface area contributed by atoms with Crippen molar-refractivity contribution >= 4 is 38.5 Å². The van der Waals surface area contributed by atoms with E-state index in [0.717, 1.165) is 38.1 Å². The van der Waals surface area contributed by atoms with E-state index < -0.39 is 5.25 Å². The summed E-state index contributed by atoms with van der Waals surface area (Å²) in [5.41, 5.74) is 3.89. The van der Waals surface area contributed by atoms with E-state index in [0.29, 0.717) is 17.5 Å². The molecule has 0 saturated heterocycles. The first-order valence-corrected chi connectivity index (χ1v) is 13.7. The number of halogens is 1. The van der Waals surface area contributed by atoms with Crippen molar-refractivity contribution in [2.24, 2.45) is 0 Å². The summed E-state index contributed by atoms with van der Waals surface area (Å²) in [6.45, 7) is 4.05. The number of aryl methyl sites for hydroxylation is 2. The highest BCUT2D eigenvalue weighted by molar-refractivity contribution is 9.10. The van der Waals surface area contributed by atoms with Crippen molar-refractivity contribution in [3.05, 3.63) is 122 Å². The maximum Gasteiger partial charge on any atom is 0.220 e. The standard InChI is InChI=1S/C29H25BrN4O3S/c1-19-6-5-9-25(14-19)34-20(2)31-32-29(34)38-28(17-33(35)36)24-12-13-27(26(30)16-24)37-18-21-10-11-22-7-3-4-8-23(22)15-21/h3-16,28H,17-18H2,1-2H3/t28-/m0/s1. The zero-order valence-corrected chi connectivity index (χ0v) is 23.3. The van der Waals surface area contributed by atoms with Crippen LogP contribution in [0.15, 0.2) is 94.6 Å². The van der Waals surface area contributed by atoms with Crippen LogP contribution >= 0.6 is 27.7 Å². The Morgan fingerprint density at radius 1 is 0.974 bits per heavy atom. The number of fused-ring (bicyclic) bond motifs is 1. The molecular weight excluding hydrogens is 564 g/mol. The molecule has 0 spiro atoms. The number of aromatic nitrogens is 3. The van der Waals surface area contributed by atoms with E-state index in [1.165, 1.54) is 17.1 Å². The highest BCUT2D eigenvalue weighted by Gasteiger charge is 2.24. The molecule has 7 nitrogen and oxygen atoms in total. The molecular formula is C29H25BrN4O3S. The van der Waals surface area contributed by atoms with Gasteiger partial charge in [-0.2, -0.15) is 0 Å². The van der Waals surface area contributed by atoms with Crippen LogP contribution in [0.1, 0.15) is 27.8 Å². The predicted molar refractivity (Wildman–Crippen MR) is 154 cm³/mol. The van der Waals surface area contributed by atoms with Crippen molar-refractivity contribution in [1.82, 2.24) is 14.8 Å². The molecule has 0 aliphatic carbocycles. The Hall–Kier alpha value is -3.69. The van der Waals surface area contributed by atoms with Gasteiger partial charge in [0.05, 0.1) is 4.47 Å². The summed E-state index contributed by atoms with van der Waals surface area (Å²) in [6.07, 6.45) is 0. The van der Waals surface area contributed by atoms with Crippen LogP contribution in [-0.2, 0) is 6.61 Å². The van der Waals surface area contributed by atoms with Gasteiger partial charge in [-0.25, -0.2) is 0 Å². The molecule has 0 bridgehead atoms. The van der Waals surface area contributed by atoms with Crippen molar-refractivity contribution in [3.63, 3.8) is 0 Å². The fourth-order valence-electron chi connectivity index (χ4n) is 4.28. The van der Waals surface area contributed by atoms with E-state index in [4.69, 9.17) is 4.74 Å². The maximum atomic E-state index is 11.6. The van der Waals surface area contributed by atoms with Gasteiger partial charge in [0.2, 0.25) is 6.54 Å². The van der Waals surface area contributed by atoms with Crippen LogP contribution in [0.25, 0.3) is 16.5 Å². The quantitative estimate of drug-likeness (QED) is 0.101. The number of rotatable bonds is 9. The summed E-state index contributed by atoms with van der Waals surface area (Å²) >= 11 is 4.94. The summed E-state index contributed by atoms with van der Waals surface area (Å²) in [6, 6.07) is 28.1. The van der Waals surface area contributed by atoms with E-state index in [-0.39, 0.29) is 11.5 Å². The molecule has 4 aromatic carbocycles. The zero-order valence-electron chi connectivity index (χ0n) is 20.9. The third-order valence-electron chi connectivity index (χ3n) is 6.15. The molecule has 1 atom stereocenters. The average Bonchev–Trinajstić information content (AvgIpc) is 3.26. The van der Waals surface area contributed by atoms with Gasteiger partial charge in [0.15, 0.2) is 5.16 Å². The fourth-order valence-corrected chi connectivity index (χ4v) is 5.96. The van der Waals surface area contributed by atoms with Crippen LogP contribution in [0.5, 0.6) is 5.75 Å². The first kappa shape index (κ1) is 25.9. The van der Waals surface area contributed by atoms with Crippen molar-refractivity contribution in [1.29, 1.82) is 0 Å². The normalized spacial score (nSPS) is 12.0. The Bertz CT molecular complexity index is 1620. The van der Waals surface area contributed by atoms with Crippen LogP contribution in [0.2, 0.25) is 0 Å². The largest absolute Gasteiger partial charge is 0.488 e. The summed E-state index contributed by atoms with van der Waals surface area (Å²) in [5, 5.41) is 22.7. The zero-order chi connectivity index (χ0) is 26.6. The van der Waals surface area contributed by atoms with Crippen LogP contribution in [0, 0.1) is 24.0 Å². The highest BCUT2D eigenvalue weighted by atomic mass is 79.9. The Labute approximate surface area is 233 Å². The topological polar surface area (TPSA) is 83.1 Å². The first-order chi connectivity index (χ1) is 18.4. The van der Waals surface area contributed by atoms with E-state index in [1.54, 1.807) is 0 Å². The molecule has 0 N–H and O–H groups in total. The number of nitrogens with zero attached hydrogens (tertiary/aromatic N) is 4. The Morgan fingerprint density at radius 3 is 2.55 bits per heavy atom. The molecule has 5 rings (SSSR count). The van der Waals surface area contributed by atoms with Crippen LogP contribution in [-0.4, -0.2) is 26.2 Å². The van der Waals surface area contributed by atoms with Gasteiger partial charge in [-0.3, -0.25) is 14.7 Å². The van der Waals surface area contributed by atoms with Crippen LogP contribution < -0.4 is 4.74 Å². The smallest absolute Gasteiger partial charge is 0.220 e. The van der Waals surface area contributed by atoms with Gasteiger partial charge in [0.1, 0.15) is 23.4 Å². The molecule has 1 aromatic heterocycles. The first-order valence-electron chi connectivity index (χ1n) is 12.0. The summed E-state index contributed by atoms with van der Waals surface area (Å²) in [4.78, 5) is 11.3. The highest BCUT2D eigenvalue weighted by Crippen LogP contribution is 2.39. The predicted octanol–water partition coefficient (Wildman–Crippen LogP) is 7.49. The lowest BCUT2D eigenvalue weighted by Gasteiger charge is -2.16. The molecule has 0 aliphatic heterocycles. The van der Waals surface area contributed by atoms with Crippen LogP contribution in [0.3, 0.4) is 0 Å². The second kappa shape index (κ2) is 11.4. The average molecular weight is 590 g/mol. The Morgan fingerprint density at radius 2 is 1.79 bits per heavy atom. The SMILES string of the molecule is Cc1cccc(-n2c(C)nnc2S[C@@H](C[N+](=O)[O-])c2ccc(OCc3ccc4ccccc4c3)c(Br)c2)c1. The lowest BCUT2D eigenvalue weighted by Crippen LogP contribution is -2.11. The number of hydrogen-bond donors (Lipinski definition) is 0. The fraction of sp³-hybridized carbons (Fsp3) is 0.172. The lowest BCUT2D eigenvalue weighted by molar-refractivity contribution is -0.479. The Balaban J connectivity index is 1.37. The minimum absolute atomic E-state index is 0.256. The molecule has 0 amide bonds. The summed E-state index contributed by atoms with van der Waals surface area (Å²) in [5.74, 6) is 1.39. The van der Waals surface area contributed by atoms with Crippen molar-refractivity contribution in [2.45, 2.75) is 30.9 Å². The third-order valence-corrected chi connectivity index (χ3v) is 7.95. The van der Waals surface area contributed by atoms with Crippen molar-refractivity contribution in [3.8, 4) is 11.4 Å². The van der Waals surface area contributed by atoms with Gasteiger partial charge in [0.25, 0.3) is 0 Å². The van der Waals surface area contributed by atoms with E-state index >= 15 is 0 Å². The van der Waals surface area contributed by atoms with Gasteiger partial charge < -0.3 is 4.74 Å². The molecule has 38 heavy (non-hydrogen) atoms. The van der Waals surface area contributed by atoms with Gasteiger partial charge >= 0.3 is 0 Å². The van der Waals surface area contributed by atoms with Crippen molar-refractivity contribution in [2.75, 3.05) is 6.54 Å². The molecule has 1 heterocycles. The van der Waals surface area contributed by atoms with Crippen LogP contribution in [0.4, 0.5) is 0 Å².